The van der Waals surface area contributed by atoms with E-state index in [-0.39, 0.29) is 5.91 Å². The quantitative estimate of drug-likeness (QED) is 0.419. The van der Waals surface area contributed by atoms with Crippen LogP contribution in [0, 0.1) is 5.92 Å². The third kappa shape index (κ3) is 6.32. The van der Waals surface area contributed by atoms with Gasteiger partial charge in [-0.15, -0.1) is 0 Å². The number of hydrogen-bond acceptors (Lipinski definition) is 6. The Morgan fingerprint density at radius 2 is 2.07 bits per heavy atom. The van der Waals surface area contributed by atoms with Gasteiger partial charge < -0.3 is 10.6 Å². The molecule has 2 aromatic rings. The highest BCUT2D eigenvalue weighted by Crippen LogP contribution is 2.28. The maximum absolute atomic E-state index is 12.2. The molecule has 3 rings (SSSR count). The Kier molecular flexibility index (Phi) is 8.15. The zero-order valence-corrected chi connectivity index (χ0v) is 18.7. The number of anilines is 1. The molecular formula is C21H34N6OS. The fourth-order valence-electron chi connectivity index (χ4n) is 3.76. The summed E-state index contributed by atoms with van der Waals surface area (Å²) in [7, 11) is 0. The zero-order valence-electron chi connectivity index (χ0n) is 17.9. The van der Waals surface area contributed by atoms with Gasteiger partial charge in [-0.2, -0.15) is 5.10 Å². The Labute approximate surface area is 177 Å². The van der Waals surface area contributed by atoms with E-state index in [0.29, 0.717) is 24.8 Å². The molecule has 7 nitrogen and oxygen atoms in total. The molecule has 0 radical (unpaired) electrons. The largest absolute Gasteiger partial charge is 0.369 e. The Balaban J connectivity index is 1.61. The van der Waals surface area contributed by atoms with Crippen LogP contribution in [0.2, 0.25) is 0 Å². The van der Waals surface area contributed by atoms with Gasteiger partial charge in [-0.25, -0.2) is 14.6 Å². The summed E-state index contributed by atoms with van der Waals surface area (Å²) in [6, 6.07) is 0. The van der Waals surface area contributed by atoms with E-state index in [1.54, 1.807) is 11.8 Å². The molecule has 2 N–H and O–H groups in total. The normalized spacial score (nSPS) is 14.8. The second-order valence-electron chi connectivity index (χ2n) is 8.09. The molecule has 0 aromatic carbocycles. The van der Waals surface area contributed by atoms with E-state index in [0.717, 1.165) is 47.3 Å². The van der Waals surface area contributed by atoms with Crippen molar-refractivity contribution in [2.24, 2.45) is 5.92 Å². The molecule has 160 valence electrons. The second-order valence-corrected chi connectivity index (χ2v) is 9.64. The molecule has 0 aliphatic heterocycles. The number of nitrogens with one attached hydrogen (secondary N) is 2. The minimum atomic E-state index is 0.143. The molecule has 0 unspecified atom stereocenters. The number of fused-ring (bicyclic) bond motifs is 1. The number of aromatic nitrogens is 4. The smallest absolute Gasteiger partial charge is 0.220 e. The number of carbonyl (C=O) groups is 1. The van der Waals surface area contributed by atoms with E-state index in [4.69, 9.17) is 4.98 Å². The molecule has 0 spiro atoms. The standard InChI is InChI=1S/C21H34N6OS/c1-4-11-23-19-17-14-24-27(20(17)26-21(25-19)29-15(2)3)13-12-22-18(28)10-9-16-7-5-6-8-16/h14-16H,4-13H2,1-3H3,(H,22,28)(H,23,25,26). The first kappa shape index (κ1) is 21.9. The molecule has 0 saturated heterocycles. The van der Waals surface area contributed by atoms with Crippen LogP contribution in [-0.4, -0.2) is 44.0 Å². The first-order valence-electron chi connectivity index (χ1n) is 11.0. The lowest BCUT2D eigenvalue weighted by Crippen LogP contribution is -2.27. The van der Waals surface area contributed by atoms with Gasteiger partial charge in [0, 0.05) is 24.8 Å². The van der Waals surface area contributed by atoms with Gasteiger partial charge >= 0.3 is 0 Å². The van der Waals surface area contributed by atoms with Gasteiger partial charge in [-0.3, -0.25) is 4.79 Å². The lowest BCUT2D eigenvalue weighted by molar-refractivity contribution is -0.121. The van der Waals surface area contributed by atoms with Crippen LogP contribution in [0.1, 0.15) is 65.7 Å². The summed E-state index contributed by atoms with van der Waals surface area (Å²) < 4.78 is 1.87. The molecule has 0 atom stereocenters. The molecule has 1 amide bonds. The van der Waals surface area contributed by atoms with E-state index >= 15 is 0 Å². The molecular weight excluding hydrogens is 384 g/mol. The molecule has 8 heteroatoms. The molecule has 29 heavy (non-hydrogen) atoms. The van der Waals surface area contributed by atoms with Crippen molar-refractivity contribution in [3.05, 3.63) is 6.20 Å². The van der Waals surface area contributed by atoms with Crippen LogP contribution in [0.3, 0.4) is 0 Å². The summed E-state index contributed by atoms with van der Waals surface area (Å²) in [6.07, 6.45) is 9.73. The Bertz CT molecular complexity index is 800. The van der Waals surface area contributed by atoms with E-state index in [1.807, 2.05) is 10.9 Å². The van der Waals surface area contributed by atoms with Crippen LogP contribution in [0.4, 0.5) is 5.82 Å². The van der Waals surface area contributed by atoms with E-state index < -0.39 is 0 Å². The van der Waals surface area contributed by atoms with Crippen molar-refractivity contribution in [1.29, 1.82) is 0 Å². The highest BCUT2D eigenvalue weighted by molar-refractivity contribution is 7.99. The summed E-state index contributed by atoms with van der Waals surface area (Å²) >= 11 is 1.65. The molecule has 0 bridgehead atoms. The number of carbonyl (C=O) groups excluding carboxylic acids is 1. The number of hydrogen-bond donors (Lipinski definition) is 2. The van der Waals surface area contributed by atoms with Crippen LogP contribution in [0.5, 0.6) is 0 Å². The third-order valence-electron chi connectivity index (χ3n) is 5.26. The molecule has 1 aliphatic rings. The van der Waals surface area contributed by atoms with Crippen LogP contribution in [0.15, 0.2) is 11.4 Å². The van der Waals surface area contributed by atoms with Crippen molar-refractivity contribution in [2.75, 3.05) is 18.4 Å². The fourth-order valence-corrected chi connectivity index (χ4v) is 4.47. The predicted molar refractivity (Wildman–Crippen MR) is 119 cm³/mol. The first-order chi connectivity index (χ1) is 14.1. The number of rotatable bonds is 11. The van der Waals surface area contributed by atoms with Crippen molar-refractivity contribution in [1.82, 2.24) is 25.1 Å². The van der Waals surface area contributed by atoms with Gasteiger partial charge in [0.1, 0.15) is 5.82 Å². The van der Waals surface area contributed by atoms with Crippen molar-refractivity contribution in [3.63, 3.8) is 0 Å². The van der Waals surface area contributed by atoms with Crippen molar-refractivity contribution >= 4 is 34.5 Å². The van der Waals surface area contributed by atoms with Gasteiger partial charge in [-0.1, -0.05) is 58.2 Å². The van der Waals surface area contributed by atoms with E-state index in [9.17, 15) is 4.79 Å². The minimum absolute atomic E-state index is 0.143. The topological polar surface area (TPSA) is 84.7 Å². The van der Waals surface area contributed by atoms with Crippen LogP contribution in [-0.2, 0) is 11.3 Å². The lowest BCUT2D eigenvalue weighted by Gasteiger charge is -2.11. The van der Waals surface area contributed by atoms with E-state index in [1.165, 1.54) is 25.7 Å². The Morgan fingerprint density at radius 3 is 2.79 bits per heavy atom. The summed E-state index contributed by atoms with van der Waals surface area (Å²) in [5.74, 6) is 1.73. The summed E-state index contributed by atoms with van der Waals surface area (Å²) in [4.78, 5) is 21.6. The molecule has 1 fully saturated rings. The second kappa shape index (κ2) is 10.8. The minimum Gasteiger partial charge on any atom is -0.369 e. The first-order valence-corrected chi connectivity index (χ1v) is 11.9. The van der Waals surface area contributed by atoms with Gasteiger partial charge in [0.15, 0.2) is 10.8 Å². The van der Waals surface area contributed by atoms with Crippen LogP contribution < -0.4 is 10.6 Å². The fraction of sp³-hybridized carbons (Fsp3) is 0.714. The molecule has 2 heterocycles. The SMILES string of the molecule is CCCNc1nc(SC(C)C)nc2c1cnn2CCNC(=O)CCC1CCCC1. The number of thioether (sulfide) groups is 1. The predicted octanol–water partition coefficient (Wildman–Crippen LogP) is 4.24. The van der Waals surface area contributed by atoms with Gasteiger partial charge in [0.25, 0.3) is 0 Å². The highest BCUT2D eigenvalue weighted by Gasteiger charge is 2.17. The van der Waals surface area contributed by atoms with Gasteiger partial charge in [0.2, 0.25) is 5.91 Å². The summed E-state index contributed by atoms with van der Waals surface area (Å²) in [5, 5.41) is 13.0. The van der Waals surface area contributed by atoms with Gasteiger partial charge in [-0.05, 0) is 18.8 Å². The van der Waals surface area contributed by atoms with Gasteiger partial charge in [0.05, 0.1) is 18.1 Å². The van der Waals surface area contributed by atoms with E-state index in [2.05, 4.69) is 41.5 Å². The van der Waals surface area contributed by atoms with Crippen LogP contribution >= 0.6 is 11.8 Å². The highest BCUT2D eigenvalue weighted by atomic mass is 32.2. The average molecular weight is 419 g/mol. The maximum atomic E-state index is 12.2. The van der Waals surface area contributed by atoms with Crippen molar-refractivity contribution in [3.8, 4) is 0 Å². The Hall–Kier alpha value is -1.83. The third-order valence-corrected chi connectivity index (χ3v) is 6.12. The number of nitrogens with zero attached hydrogens (tertiary/aromatic N) is 4. The van der Waals surface area contributed by atoms with Crippen LogP contribution in [0.25, 0.3) is 11.0 Å². The Morgan fingerprint density at radius 1 is 1.28 bits per heavy atom. The maximum Gasteiger partial charge on any atom is 0.220 e. The van der Waals surface area contributed by atoms with Crippen molar-refractivity contribution < 1.29 is 4.79 Å². The molecule has 2 aromatic heterocycles. The molecule has 1 saturated carbocycles. The number of amides is 1. The average Bonchev–Trinajstić information content (AvgIpc) is 3.34. The zero-order chi connectivity index (χ0) is 20.6. The molecule has 1 aliphatic carbocycles. The monoisotopic (exact) mass is 418 g/mol. The van der Waals surface area contributed by atoms with Crippen molar-refractivity contribution in [2.45, 2.75) is 82.7 Å². The lowest BCUT2D eigenvalue weighted by atomic mass is 10.0. The summed E-state index contributed by atoms with van der Waals surface area (Å²) in [5.41, 5.74) is 0.821. The summed E-state index contributed by atoms with van der Waals surface area (Å²) in [6.45, 7) is 8.43.